The number of ketones is 1. The van der Waals surface area contributed by atoms with Gasteiger partial charge in [0.2, 0.25) is 5.78 Å². The molecule has 1 aliphatic rings. The molecule has 3 heteroatoms. The molecule has 44 valence electrons. The van der Waals surface area contributed by atoms with Gasteiger partial charge < -0.3 is 9.84 Å². The molecule has 8 heavy (non-hydrogen) atoms. The molecule has 0 unspecified atom stereocenters. The van der Waals surface area contributed by atoms with Gasteiger partial charge in [-0.25, -0.2) is 0 Å². The SMILES string of the molecule is C[C@@H]1OC=C(O)C1=O. The Balaban J connectivity index is 2.73. The highest BCUT2D eigenvalue weighted by molar-refractivity contribution is 5.97. The summed E-state index contributed by atoms with van der Waals surface area (Å²) in [4.78, 5) is 10.5. The molecule has 0 aromatic heterocycles. The van der Waals surface area contributed by atoms with Crippen molar-refractivity contribution in [3.63, 3.8) is 0 Å². The third-order valence-corrected chi connectivity index (χ3v) is 1.01. The summed E-state index contributed by atoms with van der Waals surface area (Å²) in [6.45, 7) is 1.59. The van der Waals surface area contributed by atoms with Crippen LogP contribution in [-0.2, 0) is 9.53 Å². The fraction of sp³-hybridized carbons (Fsp3) is 0.400. The standard InChI is InChI=1S/C5H6O3/c1-3-5(7)4(6)2-8-3/h2-3,6H,1H3/t3-/m0/s1. The molecular weight excluding hydrogens is 108 g/mol. The quantitative estimate of drug-likeness (QED) is 0.495. The minimum absolute atomic E-state index is 0.280. The monoisotopic (exact) mass is 114 g/mol. The van der Waals surface area contributed by atoms with Gasteiger partial charge in [0.05, 0.1) is 0 Å². The van der Waals surface area contributed by atoms with Crippen molar-refractivity contribution in [1.29, 1.82) is 0 Å². The maximum Gasteiger partial charge on any atom is 0.240 e. The van der Waals surface area contributed by atoms with E-state index >= 15 is 0 Å². The van der Waals surface area contributed by atoms with Crippen LogP contribution in [0.4, 0.5) is 0 Å². The van der Waals surface area contributed by atoms with Crippen LogP contribution in [0.25, 0.3) is 0 Å². The first-order chi connectivity index (χ1) is 3.72. The van der Waals surface area contributed by atoms with Gasteiger partial charge in [0.1, 0.15) is 6.26 Å². The Hall–Kier alpha value is -0.990. The first-order valence-corrected chi connectivity index (χ1v) is 2.30. The van der Waals surface area contributed by atoms with Gasteiger partial charge in [-0.15, -0.1) is 0 Å². The molecule has 3 nitrogen and oxygen atoms in total. The molecule has 0 saturated heterocycles. The van der Waals surface area contributed by atoms with E-state index in [9.17, 15) is 4.79 Å². The van der Waals surface area contributed by atoms with Gasteiger partial charge in [-0.3, -0.25) is 4.79 Å². The van der Waals surface area contributed by atoms with Crippen molar-refractivity contribution >= 4 is 5.78 Å². The third kappa shape index (κ3) is 0.559. The van der Waals surface area contributed by atoms with Gasteiger partial charge in [-0.2, -0.15) is 0 Å². The summed E-state index contributed by atoms with van der Waals surface area (Å²) in [6, 6.07) is 0. The number of carbonyl (C=O) groups excluding carboxylic acids is 1. The number of Topliss-reactive ketones (excluding diaryl/α,β-unsaturated/α-hetero) is 1. The number of aliphatic hydroxyl groups excluding tert-OH is 1. The Morgan fingerprint density at radius 2 is 2.50 bits per heavy atom. The zero-order valence-corrected chi connectivity index (χ0v) is 4.42. The van der Waals surface area contributed by atoms with E-state index in [-0.39, 0.29) is 11.5 Å². The second-order valence-electron chi connectivity index (χ2n) is 1.65. The van der Waals surface area contributed by atoms with Gasteiger partial charge >= 0.3 is 0 Å². The molecule has 1 heterocycles. The van der Waals surface area contributed by atoms with Crippen molar-refractivity contribution < 1.29 is 14.6 Å². The average Bonchev–Trinajstić information content (AvgIpc) is 1.98. The summed E-state index contributed by atoms with van der Waals surface area (Å²) in [5.41, 5.74) is 0. The summed E-state index contributed by atoms with van der Waals surface area (Å²) in [7, 11) is 0. The zero-order chi connectivity index (χ0) is 6.15. The van der Waals surface area contributed by atoms with E-state index in [1.165, 1.54) is 0 Å². The number of carbonyl (C=O) groups is 1. The van der Waals surface area contributed by atoms with E-state index in [2.05, 4.69) is 4.74 Å². The lowest BCUT2D eigenvalue weighted by molar-refractivity contribution is -0.122. The van der Waals surface area contributed by atoms with Crippen molar-refractivity contribution in [2.24, 2.45) is 0 Å². The Morgan fingerprint density at radius 3 is 2.62 bits per heavy atom. The highest BCUT2D eigenvalue weighted by Crippen LogP contribution is 2.09. The number of hydrogen-bond acceptors (Lipinski definition) is 3. The van der Waals surface area contributed by atoms with Crippen LogP contribution in [0.15, 0.2) is 12.0 Å². The Morgan fingerprint density at radius 1 is 1.88 bits per heavy atom. The van der Waals surface area contributed by atoms with Crippen molar-refractivity contribution in [3.8, 4) is 0 Å². The molecule has 0 aliphatic carbocycles. The molecule has 1 N–H and O–H groups in total. The fourth-order valence-corrected chi connectivity index (χ4v) is 0.495. The van der Waals surface area contributed by atoms with E-state index in [0.717, 1.165) is 6.26 Å². The van der Waals surface area contributed by atoms with Crippen molar-refractivity contribution in [3.05, 3.63) is 12.0 Å². The first kappa shape index (κ1) is 5.15. The van der Waals surface area contributed by atoms with Gasteiger partial charge in [0.25, 0.3) is 0 Å². The lowest BCUT2D eigenvalue weighted by atomic mass is 10.3. The summed E-state index contributed by atoms with van der Waals surface area (Å²) in [6.07, 6.45) is 0.572. The Kier molecular flexibility index (Phi) is 0.970. The molecule has 0 saturated carbocycles. The van der Waals surface area contributed by atoms with Gasteiger partial charge in [0.15, 0.2) is 11.9 Å². The van der Waals surface area contributed by atoms with E-state index in [0.29, 0.717) is 0 Å². The highest BCUT2D eigenvalue weighted by atomic mass is 16.5. The second-order valence-corrected chi connectivity index (χ2v) is 1.65. The van der Waals surface area contributed by atoms with Crippen LogP contribution in [0, 0.1) is 0 Å². The Labute approximate surface area is 46.6 Å². The van der Waals surface area contributed by atoms with Gasteiger partial charge in [0, 0.05) is 0 Å². The number of rotatable bonds is 0. The predicted octanol–water partition coefficient (Wildman–Crippen LogP) is 0.374. The van der Waals surface area contributed by atoms with E-state index in [1.54, 1.807) is 6.92 Å². The molecule has 0 amide bonds. The average molecular weight is 114 g/mol. The van der Waals surface area contributed by atoms with E-state index in [4.69, 9.17) is 5.11 Å². The minimum atomic E-state index is -0.491. The van der Waals surface area contributed by atoms with Gasteiger partial charge in [-0.05, 0) is 6.92 Å². The van der Waals surface area contributed by atoms with Gasteiger partial charge in [-0.1, -0.05) is 0 Å². The molecule has 0 radical (unpaired) electrons. The van der Waals surface area contributed by atoms with Crippen molar-refractivity contribution in [2.75, 3.05) is 0 Å². The summed E-state index contributed by atoms with van der Waals surface area (Å²) < 4.78 is 4.62. The predicted molar refractivity (Wildman–Crippen MR) is 26.3 cm³/mol. The molecule has 0 spiro atoms. The number of ether oxygens (including phenoxy) is 1. The normalized spacial score (nSPS) is 27.4. The van der Waals surface area contributed by atoms with Crippen LogP contribution < -0.4 is 0 Å². The van der Waals surface area contributed by atoms with Crippen LogP contribution in [0.3, 0.4) is 0 Å². The molecule has 1 atom stereocenters. The molecular formula is C5H6O3. The Bertz CT molecular complexity index is 148. The van der Waals surface area contributed by atoms with Crippen LogP contribution in [-0.4, -0.2) is 17.0 Å². The number of hydrogen-bond donors (Lipinski definition) is 1. The topological polar surface area (TPSA) is 46.5 Å². The smallest absolute Gasteiger partial charge is 0.240 e. The molecule has 0 fully saturated rings. The highest BCUT2D eigenvalue weighted by Gasteiger charge is 2.23. The summed E-state index contributed by atoms with van der Waals surface area (Å²) in [5, 5.41) is 8.55. The first-order valence-electron chi connectivity index (χ1n) is 2.30. The molecule has 0 aromatic rings. The van der Waals surface area contributed by atoms with Crippen LogP contribution in [0.5, 0.6) is 0 Å². The van der Waals surface area contributed by atoms with Crippen molar-refractivity contribution in [1.82, 2.24) is 0 Å². The number of aliphatic hydroxyl groups is 1. The summed E-state index contributed by atoms with van der Waals surface area (Å²) >= 11 is 0. The largest absolute Gasteiger partial charge is 0.502 e. The molecule has 0 bridgehead atoms. The zero-order valence-electron chi connectivity index (χ0n) is 4.42. The molecule has 1 aliphatic heterocycles. The molecule has 1 rings (SSSR count). The van der Waals surface area contributed by atoms with Crippen molar-refractivity contribution in [2.45, 2.75) is 13.0 Å². The van der Waals surface area contributed by atoms with Crippen LogP contribution in [0.2, 0.25) is 0 Å². The third-order valence-electron chi connectivity index (χ3n) is 1.01. The summed E-state index contributed by atoms with van der Waals surface area (Å²) in [5.74, 6) is -0.623. The lowest BCUT2D eigenvalue weighted by Gasteiger charge is -1.95. The van der Waals surface area contributed by atoms with Crippen LogP contribution in [0.1, 0.15) is 6.92 Å². The fourth-order valence-electron chi connectivity index (χ4n) is 0.495. The van der Waals surface area contributed by atoms with E-state index in [1.807, 2.05) is 0 Å². The van der Waals surface area contributed by atoms with E-state index < -0.39 is 6.10 Å². The maximum absolute atomic E-state index is 10.5. The minimum Gasteiger partial charge on any atom is -0.502 e. The lowest BCUT2D eigenvalue weighted by Crippen LogP contribution is -2.12. The maximum atomic E-state index is 10.5. The molecule has 0 aromatic carbocycles. The van der Waals surface area contributed by atoms with Crippen LogP contribution >= 0.6 is 0 Å². The second kappa shape index (κ2) is 1.51.